The van der Waals surface area contributed by atoms with Crippen molar-refractivity contribution < 1.29 is 17.9 Å². The van der Waals surface area contributed by atoms with E-state index in [-0.39, 0.29) is 29.5 Å². The third kappa shape index (κ3) is 6.45. The highest BCUT2D eigenvalue weighted by Gasteiger charge is 2.21. The fourth-order valence-corrected chi connectivity index (χ4v) is 4.92. The second kappa shape index (κ2) is 10.3. The van der Waals surface area contributed by atoms with E-state index >= 15 is 0 Å². The lowest BCUT2D eigenvalue weighted by Gasteiger charge is -2.22. The van der Waals surface area contributed by atoms with Gasteiger partial charge in [0.25, 0.3) is 5.91 Å². The first kappa shape index (κ1) is 22.6. The lowest BCUT2D eigenvalue weighted by atomic mass is 9.96. The molecule has 2 aromatic carbocycles. The molecule has 1 atom stereocenters. The topological polar surface area (TPSA) is 84.5 Å². The lowest BCUT2D eigenvalue weighted by Crippen LogP contribution is -2.36. The first-order chi connectivity index (χ1) is 14.3. The molecule has 0 bridgehead atoms. The molecule has 2 N–H and O–H groups in total. The highest BCUT2D eigenvalue weighted by atomic mass is 35.5. The van der Waals surface area contributed by atoms with E-state index in [1.54, 1.807) is 24.3 Å². The number of carbonyl (C=O) groups excluding carboxylic acids is 1. The molecule has 162 valence electrons. The molecule has 6 nitrogen and oxygen atoms in total. The van der Waals surface area contributed by atoms with Gasteiger partial charge in [-0.25, -0.2) is 13.1 Å². The molecule has 30 heavy (non-hydrogen) atoms. The van der Waals surface area contributed by atoms with Gasteiger partial charge in [0.2, 0.25) is 10.0 Å². The van der Waals surface area contributed by atoms with Crippen LogP contribution in [0.2, 0.25) is 5.02 Å². The van der Waals surface area contributed by atoms with Crippen molar-refractivity contribution in [2.75, 3.05) is 6.61 Å². The van der Waals surface area contributed by atoms with E-state index in [4.69, 9.17) is 16.3 Å². The van der Waals surface area contributed by atoms with Crippen LogP contribution >= 0.6 is 11.6 Å². The Morgan fingerprint density at radius 2 is 1.70 bits per heavy atom. The van der Waals surface area contributed by atoms with E-state index < -0.39 is 10.0 Å². The number of carbonyl (C=O) groups is 1. The normalized spacial score (nSPS) is 16.1. The van der Waals surface area contributed by atoms with Crippen LogP contribution in [-0.4, -0.2) is 27.0 Å². The maximum Gasteiger partial charge on any atom is 0.258 e. The summed E-state index contributed by atoms with van der Waals surface area (Å²) in [6.07, 6.45) is 5.03. The van der Waals surface area contributed by atoms with Crippen LogP contribution in [0.4, 0.5) is 0 Å². The van der Waals surface area contributed by atoms with Crippen LogP contribution < -0.4 is 14.8 Å². The molecule has 8 heteroatoms. The highest BCUT2D eigenvalue weighted by Crippen LogP contribution is 2.21. The summed E-state index contributed by atoms with van der Waals surface area (Å²) in [6.45, 7) is 1.71. The molecule has 1 unspecified atom stereocenters. The van der Waals surface area contributed by atoms with Crippen LogP contribution in [0.1, 0.15) is 50.6 Å². The molecular formula is C22H27ClN2O4S. The monoisotopic (exact) mass is 450 g/mol. The number of nitrogens with one attached hydrogen (secondary N) is 2. The highest BCUT2D eigenvalue weighted by molar-refractivity contribution is 7.89. The number of rotatable bonds is 8. The van der Waals surface area contributed by atoms with Crippen molar-refractivity contribution >= 4 is 27.5 Å². The summed E-state index contributed by atoms with van der Waals surface area (Å²) in [5.41, 5.74) is 0.938. The predicted molar refractivity (Wildman–Crippen MR) is 117 cm³/mol. The Morgan fingerprint density at radius 1 is 1.07 bits per heavy atom. The minimum Gasteiger partial charge on any atom is -0.484 e. The molecule has 1 fully saturated rings. The first-order valence-corrected chi connectivity index (χ1v) is 12.0. The number of benzene rings is 2. The molecular weight excluding hydrogens is 424 g/mol. The Kier molecular flexibility index (Phi) is 7.75. The third-order valence-corrected chi connectivity index (χ3v) is 6.97. The SMILES string of the molecule is CC(NC(=O)COc1ccc(S(=O)(=O)NC2CCCCC2)cc1)c1ccc(Cl)cc1. The molecule has 3 rings (SSSR count). The Balaban J connectivity index is 1.50. The zero-order valence-corrected chi connectivity index (χ0v) is 18.5. The average Bonchev–Trinajstić information content (AvgIpc) is 2.73. The molecule has 0 heterocycles. The van der Waals surface area contributed by atoms with Gasteiger partial charge >= 0.3 is 0 Å². The van der Waals surface area contributed by atoms with Gasteiger partial charge in [-0.05, 0) is 61.7 Å². The van der Waals surface area contributed by atoms with Gasteiger partial charge in [-0.2, -0.15) is 0 Å². The van der Waals surface area contributed by atoms with Crippen LogP contribution in [0.15, 0.2) is 53.4 Å². The van der Waals surface area contributed by atoms with Gasteiger partial charge in [-0.15, -0.1) is 0 Å². The minimum atomic E-state index is -3.55. The molecule has 1 amide bonds. The van der Waals surface area contributed by atoms with Crippen LogP contribution in [-0.2, 0) is 14.8 Å². The molecule has 0 radical (unpaired) electrons. The van der Waals surface area contributed by atoms with E-state index in [0.29, 0.717) is 10.8 Å². The van der Waals surface area contributed by atoms with Crippen molar-refractivity contribution in [3.8, 4) is 5.75 Å². The summed E-state index contributed by atoms with van der Waals surface area (Å²) >= 11 is 5.88. The molecule has 0 spiro atoms. The summed E-state index contributed by atoms with van der Waals surface area (Å²) in [7, 11) is -3.55. The van der Waals surface area contributed by atoms with Crippen molar-refractivity contribution in [1.29, 1.82) is 0 Å². The fourth-order valence-electron chi connectivity index (χ4n) is 3.49. The number of halogens is 1. The number of sulfonamides is 1. The van der Waals surface area contributed by atoms with Crippen LogP contribution in [0.25, 0.3) is 0 Å². The van der Waals surface area contributed by atoms with Crippen molar-refractivity contribution in [2.24, 2.45) is 0 Å². The Hall–Kier alpha value is -2.09. The quantitative estimate of drug-likeness (QED) is 0.631. The number of hydrogen-bond acceptors (Lipinski definition) is 4. The van der Waals surface area contributed by atoms with Crippen molar-refractivity contribution in [1.82, 2.24) is 10.0 Å². The first-order valence-electron chi connectivity index (χ1n) is 10.1. The number of ether oxygens (including phenoxy) is 1. The van der Waals surface area contributed by atoms with Crippen LogP contribution in [0.5, 0.6) is 5.75 Å². The molecule has 0 aliphatic heterocycles. The summed E-state index contributed by atoms with van der Waals surface area (Å²) in [5, 5.41) is 3.49. The van der Waals surface area contributed by atoms with Gasteiger partial charge in [0, 0.05) is 11.1 Å². The fraction of sp³-hybridized carbons (Fsp3) is 0.409. The van der Waals surface area contributed by atoms with E-state index in [1.807, 2.05) is 19.1 Å². The second-order valence-corrected chi connectivity index (χ2v) is 9.71. The van der Waals surface area contributed by atoms with Crippen LogP contribution in [0.3, 0.4) is 0 Å². The molecule has 0 aromatic heterocycles. The zero-order chi connectivity index (χ0) is 21.6. The Bertz CT molecular complexity index is 940. The second-order valence-electron chi connectivity index (χ2n) is 7.56. The molecule has 0 saturated heterocycles. The van der Waals surface area contributed by atoms with Gasteiger partial charge in [0.05, 0.1) is 10.9 Å². The summed E-state index contributed by atoms with van der Waals surface area (Å²) in [5.74, 6) is 0.161. The van der Waals surface area contributed by atoms with Gasteiger partial charge in [0.15, 0.2) is 6.61 Å². The molecule has 2 aromatic rings. The van der Waals surface area contributed by atoms with E-state index in [0.717, 1.165) is 37.7 Å². The van der Waals surface area contributed by atoms with E-state index in [9.17, 15) is 13.2 Å². The zero-order valence-electron chi connectivity index (χ0n) is 16.9. The largest absolute Gasteiger partial charge is 0.484 e. The molecule has 1 aliphatic carbocycles. The summed E-state index contributed by atoms with van der Waals surface area (Å²) in [4.78, 5) is 12.3. The Morgan fingerprint density at radius 3 is 2.33 bits per heavy atom. The lowest BCUT2D eigenvalue weighted by molar-refractivity contribution is -0.123. The predicted octanol–water partition coefficient (Wildman–Crippen LogP) is 4.21. The maximum atomic E-state index is 12.5. The van der Waals surface area contributed by atoms with Gasteiger partial charge in [-0.1, -0.05) is 43.0 Å². The maximum absolute atomic E-state index is 12.5. The third-order valence-electron chi connectivity index (χ3n) is 5.18. The summed E-state index contributed by atoms with van der Waals surface area (Å²) < 4.78 is 33.3. The average molecular weight is 451 g/mol. The Labute approximate surface area is 183 Å². The summed E-state index contributed by atoms with van der Waals surface area (Å²) in [6, 6.07) is 13.2. The standard InChI is InChI=1S/C22H27ClN2O4S/c1-16(17-7-9-18(23)10-8-17)24-22(26)15-29-20-11-13-21(14-12-20)30(27,28)25-19-5-3-2-4-6-19/h7-14,16,19,25H,2-6,15H2,1H3,(H,24,26). The minimum absolute atomic E-state index is 0.00556. The number of hydrogen-bond donors (Lipinski definition) is 2. The molecule has 1 saturated carbocycles. The van der Waals surface area contributed by atoms with Crippen molar-refractivity contribution in [2.45, 2.75) is 56.0 Å². The van der Waals surface area contributed by atoms with E-state index in [2.05, 4.69) is 10.0 Å². The van der Waals surface area contributed by atoms with Gasteiger partial charge < -0.3 is 10.1 Å². The van der Waals surface area contributed by atoms with Gasteiger partial charge in [0.1, 0.15) is 5.75 Å². The molecule has 1 aliphatic rings. The van der Waals surface area contributed by atoms with Crippen molar-refractivity contribution in [3.63, 3.8) is 0 Å². The van der Waals surface area contributed by atoms with Crippen LogP contribution in [0, 0.1) is 0 Å². The number of amides is 1. The van der Waals surface area contributed by atoms with E-state index in [1.165, 1.54) is 12.1 Å². The van der Waals surface area contributed by atoms with Gasteiger partial charge in [-0.3, -0.25) is 4.79 Å². The van der Waals surface area contributed by atoms with Crippen molar-refractivity contribution in [3.05, 3.63) is 59.1 Å². The smallest absolute Gasteiger partial charge is 0.258 e.